The standard InChI is InChI=1S/C14H22N4O2/c1-4-11-12(5-2)16-17-14(15-11)18(10-7-8-10)9-13(19)20-6-3/h10H,4-9H2,1-3H3. The van der Waals surface area contributed by atoms with E-state index in [9.17, 15) is 4.79 Å². The number of hydrogen-bond donors (Lipinski definition) is 0. The second-order valence-electron chi connectivity index (χ2n) is 4.88. The van der Waals surface area contributed by atoms with Gasteiger partial charge in [0.05, 0.1) is 18.0 Å². The summed E-state index contributed by atoms with van der Waals surface area (Å²) in [7, 11) is 0. The van der Waals surface area contributed by atoms with Crippen LogP contribution in [0.1, 0.15) is 45.0 Å². The first kappa shape index (κ1) is 14.7. The molecule has 0 bridgehead atoms. The number of aryl methyl sites for hydroxylation is 2. The Morgan fingerprint density at radius 2 is 1.90 bits per heavy atom. The van der Waals surface area contributed by atoms with Crippen molar-refractivity contribution in [2.24, 2.45) is 0 Å². The van der Waals surface area contributed by atoms with E-state index >= 15 is 0 Å². The number of esters is 1. The van der Waals surface area contributed by atoms with Crippen LogP contribution in [-0.2, 0) is 22.4 Å². The molecule has 1 aliphatic carbocycles. The van der Waals surface area contributed by atoms with Crippen molar-refractivity contribution >= 4 is 11.9 Å². The monoisotopic (exact) mass is 278 g/mol. The first-order valence-corrected chi connectivity index (χ1v) is 7.34. The van der Waals surface area contributed by atoms with Crippen LogP contribution in [0.5, 0.6) is 0 Å². The second kappa shape index (κ2) is 6.63. The molecule has 1 heterocycles. The molecule has 1 saturated carbocycles. The van der Waals surface area contributed by atoms with Gasteiger partial charge in [0.15, 0.2) is 0 Å². The van der Waals surface area contributed by atoms with E-state index in [1.54, 1.807) is 0 Å². The van der Waals surface area contributed by atoms with Crippen LogP contribution >= 0.6 is 0 Å². The maximum atomic E-state index is 11.7. The first-order valence-electron chi connectivity index (χ1n) is 7.34. The van der Waals surface area contributed by atoms with Crippen molar-refractivity contribution in [1.82, 2.24) is 15.2 Å². The SMILES string of the molecule is CCOC(=O)CN(c1nnc(CC)c(CC)n1)C1CC1. The van der Waals surface area contributed by atoms with Crippen molar-refractivity contribution in [3.05, 3.63) is 11.4 Å². The molecule has 0 radical (unpaired) electrons. The molecule has 20 heavy (non-hydrogen) atoms. The Labute approximate surface area is 119 Å². The summed E-state index contributed by atoms with van der Waals surface area (Å²) in [6, 6.07) is 0.346. The Balaban J connectivity index is 2.18. The summed E-state index contributed by atoms with van der Waals surface area (Å²) in [5, 5.41) is 8.44. The number of carbonyl (C=O) groups is 1. The molecule has 0 aromatic carbocycles. The molecule has 0 saturated heterocycles. The molecule has 0 atom stereocenters. The average molecular weight is 278 g/mol. The number of rotatable bonds is 7. The van der Waals surface area contributed by atoms with E-state index in [0.29, 0.717) is 18.6 Å². The van der Waals surface area contributed by atoms with Gasteiger partial charge >= 0.3 is 5.97 Å². The molecule has 2 rings (SSSR count). The predicted molar refractivity (Wildman–Crippen MR) is 75.6 cm³/mol. The summed E-state index contributed by atoms with van der Waals surface area (Å²) in [6.07, 6.45) is 3.79. The minimum atomic E-state index is -0.236. The van der Waals surface area contributed by atoms with E-state index in [-0.39, 0.29) is 12.5 Å². The van der Waals surface area contributed by atoms with E-state index in [1.165, 1.54) is 0 Å². The first-order chi connectivity index (χ1) is 9.69. The Kier molecular flexibility index (Phi) is 4.87. The highest BCUT2D eigenvalue weighted by molar-refractivity contribution is 5.75. The van der Waals surface area contributed by atoms with Crippen molar-refractivity contribution in [2.75, 3.05) is 18.1 Å². The third kappa shape index (κ3) is 3.43. The third-order valence-electron chi connectivity index (χ3n) is 3.35. The van der Waals surface area contributed by atoms with E-state index in [4.69, 9.17) is 4.74 Å². The predicted octanol–water partition coefficient (Wildman–Crippen LogP) is 1.53. The number of ether oxygens (including phenoxy) is 1. The zero-order valence-electron chi connectivity index (χ0n) is 12.4. The molecule has 1 aromatic heterocycles. The molecular weight excluding hydrogens is 256 g/mol. The van der Waals surface area contributed by atoms with Crippen LogP contribution < -0.4 is 4.90 Å². The van der Waals surface area contributed by atoms with Gasteiger partial charge in [-0.2, -0.15) is 5.10 Å². The third-order valence-corrected chi connectivity index (χ3v) is 3.35. The van der Waals surface area contributed by atoms with Gasteiger partial charge < -0.3 is 9.64 Å². The van der Waals surface area contributed by atoms with E-state index in [1.807, 2.05) is 18.7 Å². The lowest BCUT2D eigenvalue weighted by Gasteiger charge is -2.21. The zero-order chi connectivity index (χ0) is 14.5. The molecule has 6 nitrogen and oxygen atoms in total. The highest BCUT2D eigenvalue weighted by atomic mass is 16.5. The van der Waals surface area contributed by atoms with Crippen molar-refractivity contribution < 1.29 is 9.53 Å². The van der Waals surface area contributed by atoms with Gasteiger partial charge in [-0.25, -0.2) is 4.98 Å². The number of hydrogen-bond acceptors (Lipinski definition) is 6. The Morgan fingerprint density at radius 3 is 2.45 bits per heavy atom. The highest BCUT2D eigenvalue weighted by Crippen LogP contribution is 2.29. The molecule has 1 aliphatic rings. The Hall–Kier alpha value is -1.72. The smallest absolute Gasteiger partial charge is 0.325 e. The number of carbonyl (C=O) groups excluding carboxylic acids is 1. The van der Waals surface area contributed by atoms with Gasteiger partial charge in [0.25, 0.3) is 0 Å². The van der Waals surface area contributed by atoms with Gasteiger partial charge in [-0.05, 0) is 32.6 Å². The van der Waals surface area contributed by atoms with E-state index in [0.717, 1.165) is 37.1 Å². The molecular formula is C14H22N4O2. The Bertz CT molecular complexity index is 474. The number of anilines is 1. The Morgan fingerprint density at radius 1 is 1.20 bits per heavy atom. The maximum absolute atomic E-state index is 11.7. The lowest BCUT2D eigenvalue weighted by molar-refractivity contribution is -0.141. The molecule has 0 aliphatic heterocycles. The van der Waals surface area contributed by atoms with Gasteiger partial charge in [-0.15, -0.1) is 5.10 Å². The lowest BCUT2D eigenvalue weighted by atomic mass is 10.2. The number of aromatic nitrogens is 3. The van der Waals surface area contributed by atoms with E-state index < -0.39 is 0 Å². The minimum Gasteiger partial charge on any atom is -0.465 e. The van der Waals surface area contributed by atoms with Gasteiger partial charge in [-0.3, -0.25) is 4.79 Å². The van der Waals surface area contributed by atoms with Crippen LogP contribution in [0.15, 0.2) is 0 Å². The largest absolute Gasteiger partial charge is 0.465 e. The van der Waals surface area contributed by atoms with Gasteiger partial charge in [-0.1, -0.05) is 13.8 Å². The summed E-state index contributed by atoms with van der Waals surface area (Å²) in [5.41, 5.74) is 1.90. The lowest BCUT2D eigenvalue weighted by Crippen LogP contribution is -2.35. The van der Waals surface area contributed by atoms with Crippen LogP contribution in [0.3, 0.4) is 0 Å². The summed E-state index contributed by atoms with van der Waals surface area (Å²) in [4.78, 5) is 18.2. The van der Waals surface area contributed by atoms with Crippen molar-refractivity contribution in [1.29, 1.82) is 0 Å². The molecule has 1 aromatic rings. The van der Waals surface area contributed by atoms with Gasteiger partial charge in [0, 0.05) is 6.04 Å². The fraction of sp³-hybridized carbons (Fsp3) is 0.714. The maximum Gasteiger partial charge on any atom is 0.325 e. The van der Waals surface area contributed by atoms with Gasteiger partial charge in [0.1, 0.15) is 6.54 Å². The van der Waals surface area contributed by atoms with E-state index in [2.05, 4.69) is 22.1 Å². The minimum absolute atomic E-state index is 0.203. The van der Waals surface area contributed by atoms with Crippen LogP contribution in [0.25, 0.3) is 0 Å². The number of nitrogens with zero attached hydrogens (tertiary/aromatic N) is 4. The van der Waals surface area contributed by atoms with Crippen LogP contribution in [0.2, 0.25) is 0 Å². The quantitative estimate of drug-likeness (QED) is 0.705. The molecule has 0 unspecified atom stereocenters. The summed E-state index contributed by atoms with van der Waals surface area (Å²) in [5.74, 6) is 0.315. The molecule has 110 valence electrons. The van der Waals surface area contributed by atoms with Crippen LogP contribution in [-0.4, -0.2) is 40.3 Å². The molecule has 1 fully saturated rings. The fourth-order valence-electron chi connectivity index (χ4n) is 2.14. The summed E-state index contributed by atoms with van der Waals surface area (Å²) in [6.45, 7) is 6.50. The fourth-order valence-corrected chi connectivity index (χ4v) is 2.14. The van der Waals surface area contributed by atoms with Crippen molar-refractivity contribution in [2.45, 2.75) is 52.5 Å². The van der Waals surface area contributed by atoms with Crippen molar-refractivity contribution in [3.63, 3.8) is 0 Å². The second-order valence-corrected chi connectivity index (χ2v) is 4.88. The molecule has 0 spiro atoms. The molecule has 6 heteroatoms. The van der Waals surface area contributed by atoms with Crippen LogP contribution in [0, 0.1) is 0 Å². The summed E-state index contributed by atoms with van der Waals surface area (Å²) >= 11 is 0. The molecule has 0 N–H and O–H groups in total. The highest BCUT2D eigenvalue weighted by Gasteiger charge is 2.33. The van der Waals surface area contributed by atoms with Crippen LogP contribution in [0.4, 0.5) is 5.95 Å². The molecule has 0 amide bonds. The van der Waals surface area contributed by atoms with Crippen molar-refractivity contribution in [3.8, 4) is 0 Å². The average Bonchev–Trinajstić information content (AvgIpc) is 3.29. The van der Waals surface area contributed by atoms with Gasteiger partial charge in [0.2, 0.25) is 5.95 Å². The summed E-state index contributed by atoms with van der Waals surface area (Å²) < 4.78 is 5.02. The zero-order valence-corrected chi connectivity index (χ0v) is 12.4. The topological polar surface area (TPSA) is 68.2 Å². The normalized spacial score (nSPS) is 14.2.